The first-order valence-corrected chi connectivity index (χ1v) is 7.93. The van der Waals surface area contributed by atoms with E-state index < -0.39 is 11.5 Å². The molecule has 0 fully saturated rings. The minimum atomic E-state index is -1.13. The Morgan fingerprint density at radius 2 is 2.05 bits per heavy atom. The van der Waals surface area contributed by atoms with Gasteiger partial charge in [0.15, 0.2) is 5.54 Å². The van der Waals surface area contributed by atoms with E-state index >= 15 is 0 Å². The van der Waals surface area contributed by atoms with Crippen LogP contribution in [0.5, 0.6) is 11.5 Å². The van der Waals surface area contributed by atoms with Gasteiger partial charge in [0.1, 0.15) is 16.5 Å². The number of thioether (sulfide) groups is 1. The number of carboxylic acids is 1. The van der Waals surface area contributed by atoms with Crippen molar-refractivity contribution in [3.8, 4) is 11.5 Å². The third-order valence-electron chi connectivity index (χ3n) is 3.80. The Morgan fingerprint density at radius 3 is 2.50 bits per heavy atom. The molecular formula is C16H21NO4S. The summed E-state index contributed by atoms with van der Waals surface area (Å²) < 4.78 is 10.6. The second kappa shape index (κ2) is 6.20. The third-order valence-corrected chi connectivity index (χ3v) is 5.60. The average molecular weight is 323 g/mol. The molecule has 1 N–H and O–H groups in total. The Labute approximate surface area is 134 Å². The first kappa shape index (κ1) is 16.7. The van der Waals surface area contributed by atoms with E-state index in [0.717, 1.165) is 5.56 Å². The predicted octanol–water partition coefficient (Wildman–Crippen LogP) is 3.07. The Bertz CT molecular complexity index is 614. The van der Waals surface area contributed by atoms with E-state index in [1.165, 1.54) is 11.8 Å². The van der Waals surface area contributed by atoms with Gasteiger partial charge in [0.25, 0.3) is 0 Å². The molecule has 0 aliphatic carbocycles. The summed E-state index contributed by atoms with van der Waals surface area (Å²) >= 11 is 1.50. The summed E-state index contributed by atoms with van der Waals surface area (Å²) in [4.78, 5) is 16.2. The lowest BCUT2D eigenvalue weighted by molar-refractivity contribution is -0.142. The fraction of sp³-hybridized carbons (Fsp3) is 0.500. The highest BCUT2D eigenvalue weighted by Gasteiger charge is 2.49. The van der Waals surface area contributed by atoms with Crippen molar-refractivity contribution in [1.29, 1.82) is 0 Å². The van der Waals surface area contributed by atoms with Crippen molar-refractivity contribution in [2.45, 2.75) is 31.6 Å². The van der Waals surface area contributed by atoms with Crippen molar-refractivity contribution >= 4 is 22.8 Å². The van der Waals surface area contributed by atoms with Gasteiger partial charge in [0.2, 0.25) is 0 Å². The summed E-state index contributed by atoms with van der Waals surface area (Å²) in [7, 11) is 3.17. The van der Waals surface area contributed by atoms with Crippen LogP contribution in [0.2, 0.25) is 0 Å². The topological polar surface area (TPSA) is 68.1 Å². The van der Waals surface area contributed by atoms with E-state index in [2.05, 4.69) is 4.99 Å². The summed E-state index contributed by atoms with van der Waals surface area (Å²) in [6, 6.07) is 5.45. The fourth-order valence-electron chi connectivity index (χ4n) is 2.59. The van der Waals surface area contributed by atoms with E-state index in [0.29, 0.717) is 16.5 Å². The number of carbonyl (C=O) groups is 1. The minimum Gasteiger partial charge on any atom is -0.497 e. The zero-order chi connectivity index (χ0) is 16.5. The molecule has 0 aromatic heterocycles. The Morgan fingerprint density at radius 1 is 1.36 bits per heavy atom. The van der Waals surface area contributed by atoms with Gasteiger partial charge in [0, 0.05) is 16.9 Å². The third kappa shape index (κ3) is 2.79. The van der Waals surface area contributed by atoms with Gasteiger partial charge >= 0.3 is 5.97 Å². The number of aliphatic imine (C=N–C) groups is 1. The summed E-state index contributed by atoms with van der Waals surface area (Å²) in [6.45, 7) is 5.71. The Balaban J connectivity index is 2.48. The summed E-state index contributed by atoms with van der Waals surface area (Å²) in [6.07, 6.45) is 0. The molecule has 22 heavy (non-hydrogen) atoms. The Hall–Kier alpha value is -1.69. The number of hydrogen-bond donors (Lipinski definition) is 1. The molecule has 1 aliphatic rings. The molecule has 120 valence electrons. The molecule has 0 amide bonds. The van der Waals surface area contributed by atoms with Crippen LogP contribution in [0, 0.1) is 5.92 Å². The zero-order valence-electron chi connectivity index (χ0n) is 13.4. The maximum absolute atomic E-state index is 11.7. The van der Waals surface area contributed by atoms with E-state index in [1.807, 2.05) is 26.0 Å². The molecule has 6 heteroatoms. The molecule has 1 aromatic carbocycles. The highest BCUT2D eigenvalue weighted by molar-refractivity contribution is 8.15. The van der Waals surface area contributed by atoms with Gasteiger partial charge in [-0.2, -0.15) is 0 Å². The number of hydrogen-bond acceptors (Lipinski definition) is 5. The SMILES string of the molecule is COc1ccc(C2=NC(C)(C(=O)O)C(C(C)C)S2)c(OC)c1. The van der Waals surface area contributed by atoms with Gasteiger partial charge in [-0.3, -0.25) is 4.99 Å². The lowest BCUT2D eigenvalue weighted by Crippen LogP contribution is -2.43. The van der Waals surface area contributed by atoms with Crippen molar-refractivity contribution in [2.24, 2.45) is 10.9 Å². The van der Waals surface area contributed by atoms with Crippen LogP contribution in [-0.2, 0) is 4.79 Å². The van der Waals surface area contributed by atoms with Crippen LogP contribution < -0.4 is 9.47 Å². The normalized spacial score (nSPS) is 24.3. The van der Waals surface area contributed by atoms with Crippen molar-refractivity contribution in [3.63, 3.8) is 0 Å². The molecule has 0 bridgehead atoms. The first-order valence-electron chi connectivity index (χ1n) is 7.05. The quantitative estimate of drug-likeness (QED) is 0.902. The van der Waals surface area contributed by atoms with Crippen molar-refractivity contribution in [2.75, 3.05) is 14.2 Å². The second-order valence-electron chi connectivity index (χ2n) is 5.72. The summed E-state index contributed by atoms with van der Waals surface area (Å²) in [5.41, 5.74) is -0.331. The maximum Gasteiger partial charge on any atom is 0.332 e. The van der Waals surface area contributed by atoms with Gasteiger partial charge in [-0.25, -0.2) is 4.79 Å². The Kier molecular flexibility index (Phi) is 4.70. The van der Waals surface area contributed by atoms with E-state index in [4.69, 9.17) is 9.47 Å². The number of aliphatic carboxylic acids is 1. The lowest BCUT2D eigenvalue weighted by Gasteiger charge is -2.26. The first-order chi connectivity index (χ1) is 10.3. The van der Waals surface area contributed by atoms with Crippen LogP contribution in [0.25, 0.3) is 0 Å². The second-order valence-corrected chi connectivity index (χ2v) is 6.85. The molecule has 2 atom stereocenters. The summed E-state index contributed by atoms with van der Waals surface area (Å²) in [5, 5.41) is 10.2. The average Bonchev–Trinajstić information content (AvgIpc) is 2.86. The zero-order valence-corrected chi connectivity index (χ0v) is 14.2. The molecule has 0 saturated heterocycles. The number of carboxylic acid groups (broad SMARTS) is 1. The standard InChI is InChI=1S/C16H21NO4S/c1-9(2)13-16(3,15(18)19)17-14(22-13)11-7-6-10(20-4)8-12(11)21-5/h6-9,13H,1-5H3,(H,18,19). The smallest absolute Gasteiger partial charge is 0.332 e. The molecule has 5 nitrogen and oxygen atoms in total. The van der Waals surface area contributed by atoms with E-state index in [-0.39, 0.29) is 11.2 Å². The number of ether oxygens (including phenoxy) is 2. The van der Waals surface area contributed by atoms with Crippen LogP contribution in [0.1, 0.15) is 26.3 Å². The van der Waals surface area contributed by atoms with Crippen molar-refractivity contribution < 1.29 is 19.4 Å². The van der Waals surface area contributed by atoms with Crippen LogP contribution in [0.4, 0.5) is 0 Å². The van der Waals surface area contributed by atoms with Crippen LogP contribution in [0.15, 0.2) is 23.2 Å². The maximum atomic E-state index is 11.7. The minimum absolute atomic E-state index is 0.119. The number of nitrogens with zero attached hydrogens (tertiary/aromatic N) is 1. The van der Waals surface area contributed by atoms with Crippen LogP contribution in [0.3, 0.4) is 0 Å². The molecular weight excluding hydrogens is 302 g/mol. The monoisotopic (exact) mass is 323 g/mol. The lowest BCUT2D eigenvalue weighted by atomic mass is 9.91. The number of rotatable bonds is 5. The van der Waals surface area contributed by atoms with Crippen molar-refractivity contribution in [3.05, 3.63) is 23.8 Å². The van der Waals surface area contributed by atoms with Crippen molar-refractivity contribution in [1.82, 2.24) is 0 Å². The largest absolute Gasteiger partial charge is 0.497 e. The van der Waals surface area contributed by atoms with E-state index in [9.17, 15) is 9.90 Å². The van der Waals surface area contributed by atoms with Gasteiger partial charge < -0.3 is 14.6 Å². The van der Waals surface area contributed by atoms with Gasteiger partial charge in [-0.05, 0) is 25.0 Å². The van der Waals surface area contributed by atoms with Crippen LogP contribution in [-0.4, -0.2) is 41.1 Å². The molecule has 0 spiro atoms. The predicted molar refractivity (Wildman–Crippen MR) is 88.3 cm³/mol. The molecule has 0 saturated carbocycles. The highest BCUT2D eigenvalue weighted by Crippen LogP contribution is 2.44. The molecule has 1 aliphatic heterocycles. The molecule has 0 radical (unpaired) electrons. The van der Waals surface area contributed by atoms with Gasteiger partial charge in [-0.1, -0.05) is 25.6 Å². The summed E-state index contributed by atoms with van der Waals surface area (Å²) in [5.74, 6) is 0.603. The molecule has 2 rings (SSSR count). The van der Waals surface area contributed by atoms with Crippen LogP contribution >= 0.6 is 11.8 Å². The van der Waals surface area contributed by atoms with Gasteiger partial charge in [-0.15, -0.1) is 0 Å². The molecule has 2 unspecified atom stereocenters. The molecule has 1 heterocycles. The van der Waals surface area contributed by atoms with E-state index in [1.54, 1.807) is 27.2 Å². The highest BCUT2D eigenvalue weighted by atomic mass is 32.2. The number of methoxy groups -OCH3 is 2. The fourth-order valence-corrected chi connectivity index (χ4v) is 4.02. The molecule has 1 aromatic rings. The number of benzene rings is 1. The van der Waals surface area contributed by atoms with Gasteiger partial charge in [0.05, 0.1) is 14.2 Å².